The first-order valence-corrected chi connectivity index (χ1v) is 9.41. The average Bonchev–Trinajstić information content (AvgIpc) is 3.07. The number of allylic oxidation sites excluding steroid dienone is 1. The van der Waals surface area contributed by atoms with Crippen molar-refractivity contribution in [2.45, 2.75) is 19.8 Å². The zero-order valence-corrected chi connectivity index (χ0v) is 16.4. The average molecular weight is 380 g/mol. The van der Waals surface area contributed by atoms with E-state index in [4.69, 9.17) is 5.10 Å². The summed E-state index contributed by atoms with van der Waals surface area (Å²) in [7, 11) is 3.72. The van der Waals surface area contributed by atoms with E-state index in [1.54, 1.807) is 27.7 Å². The molecule has 0 fully saturated rings. The van der Waals surface area contributed by atoms with Gasteiger partial charge in [0, 0.05) is 38.5 Å². The van der Waals surface area contributed by atoms with E-state index in [1.807, 2.05) is 32.3 Å². The van der Waals surface area contributed by atoms with Gasteiger partial charge in [-0.2, -0.15) is 5.10 Å². The summed E-state index contributed by atoms with van der Waals surface area (Å²) in [5.41, 5.74) is 2.46. The number of hydrogen-bond acceptors (Lipinski definition) is 4. The number of benzene rings is 1. The van der Waals surface area contributed by atoms with E-state index in [0.29, 0.717) is 22.3 Å². The largest absolute Gasteiger partial charge is 0.383 e. The topological polar surface area (TPSA) is 49.6 Å². The van der Waals surface area contributed by atoms with Crippen molar-refractivity contribution in [1.82, 2.24) is 14.5 Å². The highest BCUT2D eigenvalue weighted by molar-refractivity contribution is 6.13. The monoisotopic (exact) mass is 380 g/mol. The zero-order chi connectivity index (χ0) is 20.1. The number of aromatic nitrogens is 2. The van der Waals surface area contributed by atoms with Crippen molar-refractivity contribution in [2.75, 3.05) is 26.0 Å². The lowest BCUT2D eigenvalue weighted by atomic mass is 10.0. The molecule has 6 heteroatoms. The number of halogens is 1. The molecule has 1 N–H and O–H groups in total. The van der Waals surface area contributed by atoms with E-state index in [-0.39, 0.29) is 11.6 Å². The third-order valence-corrected chi connectivity index (χ3v) is 4.38. The van der Waals surface area contributed by atoms with Crippen LogP contribution in [0.3, 0.4) is 0 Å². The molecule has 3 aromatic rings. The predicted molar refractivity (Wildman–Crippen MR) is 111 cm³/mol. The van der Waals surface area contributed by atoms with Crippen molar-refractivity contribution in [3.8, 4) is 11.3 Å². The summed E-state index contributed by atoms with van der Waals surface area (Å²) >= 11 is 0. The summed E-state index contributed by atoms with van der Waals surface area (Å²) < 4.78 is 15.1. The van der Waals surface area contributed by atoms with Crippen molar-refractivity contribution in [3.63, 3.8) is 0 Å². The van der Waals surface area contributed by atoms with Gasteiger partial charge < -0.3 is 10.2 Å². The molecule has 2 aromatic heterocycles. The van der Waals surface area contributed by atoms with Crippen molar-refractivity contribution in [1.29, 1.82) is 0 Å². The van der Waals surface area contributed by atoms with E-state index >= 15 is 0 Å². The van der Waals surface area contributed by atoms with Crippen LogP contribution in [0.15, 0.2) is 54.7 Å². The number of pyridine rings is 1. The molecule has 0 saturated heterocycles. The van der Waals surface area contributed by atoms with Crippen LogP contribution in [-0.2, 0) is 0 Å². The van der Waals surface area contributed by atoms with E-state index in [9.17, 15) is 9.18 Å². The van der Waals surface area contributed by atoms with E-state index in [0.717, 1.165) is 25.2 Å². The molecule has 3 rings (SSSR count). The number of ketones is 1. The van der Waals surface area contributed by atoms with Crippen LogP contribution in [-0.4, -0.2) is 40.9 Å². The third-order valence-electron chi connectivity index (χ3n) is 4.38. The van der Waals surface area contributed by atoms with Crippen LogP contribution in [0.4, 0.5) is 10.2 Å². The second kappa shape index (κ2) is 8.69. The number of carbonyl (C=O) groups excluding carboxylic acids is 1. The van der Waals surface area contributed by atoms with E-state index < -0.39 is 0 Å². The number of nitrogens with zero attached hydrogens (tertiary/aromatic N) is 3. The van der Waals surface area contributed by atoms with Crippen molar-refractivity contribution >= 4 is 17.1 Å². The number of hydrogen-bond donors (Lipinski definition) is 1. The number of rotatable bonds is 8. The molecular weight excluding hydrogens is 355 g/mol. The maximum absolute atomic E-state index is 13.4. The molecule has 0 aliphatic rings. The molecule has 0 aliphatic heterocycles. The Labute approximate surface area is 164 Å². The first kappa shape index (κ1) is 19.6. The van der Waals surface area contributed by atoms with Gasteiger partial charge in [0.05, 0.1) is 11.1 Å². The molecule has 0 radical (unpaired) electrons. The smallest absolute Gasteiger partial charge is 0.191 e. The number of fused-ring (bicyclic) bond motifs is 1. The highest BCUT2D eigenvalue weighted by Gasteiger charge is 2.20. The van der Waals surface area contributed by atoms with E-state index in [2.05, 4.69) is 12.2 Å². The molecule has 0 unspecified atom stereocenters. The Balaban J connectivity index is 2.15. The molecule has 5 nitrogen and oxygen atoms in total. The van der Waals surface area contributed by atoms with E-state index in [1.165, 1.54) is 18.2 Å². The van der Waals surface area contributed by atoms with Crippen LogP contribution in [0.2, 0.25) is 0 Å². The Morgan fingerprint density at radius 2 is 1.96 bits per heavy atom. The van der Waals surface area contributed by atoms with Gasteiger partial charge in [0.1, 0.15) is 17.3 Å². The molecule has 0 saturated carbocycles. The molecule has 1 aromatic carbocycles. The number of unbranched alkanes of at least 4 members (excludes halogenated alkanes) is 1. The second-order valence-electron chi connectivity index (χ2n) is 6.86. The molecular formula is C22H25FN4O. The molecule has 0 amide bonds. The standard InChI is InChI=1S/C22H25FN4O/c1-4-5-14-24-20-8-6-7-18-21(19(28)13-15-26(2)3)22(25-27(18)20)16-9-11-17(23)12-10-16/h6-13,15,24H,4-5,14H2,1-3H3/b15-13+. The SMILES string of the molecule is CCCCNc1cccc2c(C(=O)/C=C/N(C)C)c(-c3ccc(F)cc3)nn12. The lowest BCUT2D eigenvalue weighted by Crippen LogP contribution is -2.06. The summed E-state index contributed by atoms with van der Waals surface area (Å²) in [4.78, 5) is 14.8. The van der Waals surface area contributed by atoms with Crippen LogP contribution in [0.1, 0.15) is 30.1 Å². The zero-order valence-electron chi connectivity index (χ0n) is 16.4. The second-order valence-corrected chi connectivity index (χ2v) is 6.86. The van der Waals surface area contributed by atoms with Crippen LogP contribution < -0.4 is 5.32 Å². The molecule has 146 valence electrons. The third kappa shape index (κ3) is 4.22. The summed E-state index contributed by atoms with van der Waals surface area (Å²) in [6.45, 7) is 2.96. The van der Waals surface area contributed by atoms with Crippen LogP contribution >= 0.6 is 0 Å². The molecule has 0 atom stereocenters. The Kier molecular flexibility index (Phi) is 6.09. The highest BCUT2D eigenvalue weighted by atomic mass is 19.1. The van der Waals surface area contributed by atoms with Crippen molar-refractivity contribution in [3.05, 3.63) is 66.1 Å². The minimum Gasteiger partial charge on any atom is -0.383 e. The highest BCUT2D eigenvalue weighted by Crippen LogP contribution is 2.29. The fourth-order valence-corrected chi connectivity index (χ4v) is 2.95. The summed E-state index contributed by atoms with van der Waals surface area (Å²) in [5.74, 6) is 0.355. The molecule has 28 heavy (non-hydrogen) atoms. The summed E-state index contributed by atoms with van der Waals surface area (Å²) in [6, 6.07) is 11.8. The van der Waals surface area contributed by atoms with Gasteiger partial charge in [0.2, 0.25) is 0 Å². The summed E-state index contributed by atoms with van der Waals surface area (Å²) in [5, 5.41) is 8.08. The van der Waals surface area contributed by atoms with Gasteiger partial charge in [-0.15, -0.1) is 0 Å². The van der Waals surface area contributed by atoms with Gasteiger partial charge in [-0.3, -0.25) is 4.79 Å². The first-order chi connectivity index (χ1) is 13.5. The fourth-order valence-electron chi connectivity index (χ4n) is 2.95. The van der Waals surface area contributed by atoms with Gasteiger partial charge in [0.25, 0.3) is 0 Å². The molecule has 2 heterocycles. The van der Waals surface area contributed by atoms with Crippen molar-refractivity contribution < 1.29 is 9.18 Å². The van der Waals surface area contributed by atoms with Crippen molar-refractivity contribution in [2.24, 2.45) is 0 Å². The normalized spacial score (nSPS) is 11.3. The lowest BCUT2D eigenvalue weighted by Gasteiger charge is -2.07. The maximum Gasteiger partial charge on any atom is 0.191 e. The van der Waals surface area contributed by atoms with Gasteiger partial charge in [-0.05, 0) is 42.8 Å². The first-order valence-electron chi connectivity index (χ1n) is 9.41. The summed E-state index contributed by atoms with van der Waals surface area (Å²) in [6.07, 6.45) is 5.37. The fraction of sp³-hybridized carbons (Fsp3) is 0.273. The minimum atomic E-state index is -0.324. The predicted octanol–water partition coefficient (Wildman–Crippen LogP) is 4.61. The number of nitrogens with one attached hydrogen (secondary N) is 1. The van der Waals surface area contributed by atoms with Gasteiger partial charge in [-0.25, -0.2) is 8.91 Å². The van der Waals surface area contributed by atoms with Crippen LogP contribution in [0.5, 0.6) is 0 Å². The molecule has 0 bridgehead atoms. The number of anilines is 1. The Bertz CT molecular complexity index is 990. The Hall–Kier alpha value is -3.15. The molecule has 0 spiro atoms. The number of carbonyl (C=O) groups is 1. The van der Waals surface area contributed by atoms with Gasteiger partial charge in [0.15, 0.2) is 5.78 Å². The van der Waals surface area contributed by atoms with Gasteiger partial charge in [-0.1, -0.05) is 19.4 Å². The minimum absolute atomic E-state index is 0.145. The molecule has 0 aliphatic carbocycles. The Morgan fingerprint density at radius 1 is 1.21 bits per heavy atom. The van der Waals surface area contributed by atoms with Crippen LogP contribution in [0, 0.1) is 5.82 Å². The van der Waals surface area contributed by atoms with Gasteiger partial charge >= 0.3 is 0 Å². The Morgan fingerprint density at radius 3 is 2.64 bits per heavy atom. The lowest BCUT2D eigenvalue weighted by molar-refractivity contribution is 0.104. The maximum atomic E-state index is 13.4. The van der Waals surface area contributed by atoms with Crippen LogP contribution in [0.25, 0.3) is 16.8 Å². The quantitative estimate of drug-likeness (QED) is 0.352.